The third-order valence-corrected chi connectivity index (χ3v) is 5.66. The van der Waals surface area contributed by atoms with E-state index in [1.165, 1.54) is 0 Å². The van der Waals surface area contributed by atoms with Gasteiger partial charge in [-0.05, 0) is 58.5 Å². The van der Waals surface area contributed by atoms with Crippen molar-refractivity contribution in [3.05, 3.63) is 23.7 Å². The Morgan fingerprint density at radius 2 is 1.88 bits per heavy atom. The van der Waals surface area contributed by atoms with Crippen LogP contribution in [0.2, 0.25) is 0 Å². The van der Waals surface area contributed by atoms with Crippen LogP contribution in [0.15, 0.2) is 16.5 Å². The Morgan fingerprint density at radius 1 is 1.12 bits per heavy atom. The summed E-state index contributed by atoms with van der Waals surface area (Å²) in [6, 6.07) is 4.08. The molecule has 0 unspecified atom stereocenters. The number of amides is 1. The smallest absolute Gasteiger partial charge is 0.228 e. The first-order chi connectivity index (χ1) is 11.5. The molecule has 1 amide bonds. The van der Waals surface area contributed by atoms with Gasteiger partial charge in [0.1, 0.15) is 11.5 Å². The van der Waals surface area contributed by atoms with Gasteiger partial charge in [-0.3, -0.25) is 9.69 Å². The lowest BCUT2D eigenvalue weighted by Gasteiger charge is -2.39. The van der Waals surface area contributed by atoms with E-state index in [9.17, 15) is 4.79 Å². The van der Waals surface area contributed by atoms with Crippen LogP contribution < -0.4 is 0 Å². The maximum Gasteiger partial charge on any atom is 0.228 e. The van der Waals surface area contributed by atoms with Crippen molar-refractivity contribution in [2.45, 2.75) is 39.7 Å². The molecule has 0 bridgehead atoms. The molecular formula is C19H31N3O2. The van der Waals surface area contributed by atoms with E-state index in [2.05, 4.69) is 34.7 Å². The number of piperidine rings is 1. The first-order valence-corrected chi connectivity index (χ1v) is 9.22. The number of likely N-dealkylation sites (tertiary alicyclic amines) is 1. The van der Waals surface area contributed by atoms with Crippen LogP contribution in [0.5, 0.6) is 0 Å². The van der Waals surface area contributed by atoms with Crippen molar-refractivity contribution >= 4 is 5.91 Å². The van der Waals surface area contributed by atoms with Crippen LogP contribution in [0, 0.1) is 12.3 Å². The zero-order chi connectivity index (χ0) is 17.2. The molecule has 2 fully saturated rings. The summed E-state index contributed by atoms with van der Waals surface area (Å²) in [6.07, 6.45) is 3.00. The van der Waals surface area contributed by atoms with Gasteiger partial charge < -0.3 is 14.2 Å². The van der Waals surface area contributed by atoms with Crippen molar-refractivity contribution in [1.29, 1.82) is 0 Å². The SMILES string of the molecule is Cc1ccc(CN2CCCN(C(=O)C3(C)CCN(C)CC3)CC2)o1. The van der Waals surface area contributed by atoms with Crippen LogP contribution in [0.25, 0.3) is 0 Å². The van der Waals surface area contributed by atoms with Gasteiger partial charge in [-0.25, -0.2) is 0 Å². The maximum atomic E-state index is 13.1. The third-order valence-electron chi connectivity index (χ3n) is 5.66. The Labute approximate surface area is 145 Å². The molecule has 2 aliphatic heterocycles. The topological polar surface area (TPSA) is 39.9 Å². The minimum Gasteiger partial charge on any atom is -0.465 e. The summed E-state index contributed by atoms with van der Waals surface area (Å²) in [7, 11) is 2.14. The predicted molar refractivity (Wildman–Crippen MR) is 94.8 cm³/mol. The number of aryl methyl sites for hydroxylation is 1. The molecule has 0 atom stereocenters. The zero-order valence-corrected chi connectivity index (χ0v) is 15.4. The lowest BCUT2D eigenvalue weighted by molar-refractivity contribution is -0.143. The fraction of sp³-hybridized carbons (Fsp3) is 0.737. The van der Waals surface area contributed by atoms with Crippen molar-refractivity contribution in [2.75, 3.05) is 46.3 Å². The van der Waals surface area contributed by atoms with Crippen LogP contribution in [0.1, 0.15) is 37.7 Å². The molecule has 0 N–H and O–H groups in total. The summed E-state index contributed by atoms with van der Waals surface area (Å²) in [5.41, 5.74) is -0.167. The van der Waals surface area contributed by atoms with Gasteiger partial charge in [0, 0.05) is 31.6 Å². The minimum absolute atomic E-state index is 0.167. The second kappa shape index (κ2) is 7.28. The molecule has 3 heterocycles. The van der Waals surface area contributed by atoms with E-state index in [4.69, 9.17) is 4.42 Å². The number of carbonyl (C=O) groups excluding carboxylic acids is 1. The van der Waals surface area contributed by atoms with E-state index in [0.717, 1.165) is 76.6 Å². The van der Waals surface area contributed by atoms with Gasteiger partial charge in [0.25, 0.3) is 0 Å². The van der Waals surface area contributed by atoms with Gasteiger partial charge in [-0.1, -0.05) is 6.92 Å². The van der Waals surface area contributed by atoms with Gasteiger partial charge in [0.15, 0.2) is 0 Å². The highest BCUT2D eigenvalue weighted by Crippen LogP contribution is 2.33. The van der Waals surface area contributed by atoms with E-state index in [1.807, 2.05) is 13.0 Å². The van der Waals surface area contributed by atoms with Crippen LogP contribution >= 0.6 is 0 Å². The van der Waals surface area contributed by atoms with Crippen LogP contribution in [-0.4, -0.2) is 66.9 Å². The third kappa shape index (κ3) is 4.01. The van der Waals surface area contributed by atoms with E-state index >= 15 is 0 Å². The Morgan fingerprint density at radius 3 is 2.54 bits per heavy atom. The highest BCUT2D eigenvalue weighted by molar-refractivity contribution is 5.82. The van der Waals surface area contributed by atoms with Crippen molar-refractivity contribution in [3.63, 3.8) is 0 Å². The fourth-order valence-corrected chi connectivity index (χ4v) is 3.83. The Kier molecular flexibility index (Phi) is 5.30. The maximum absolute atomic E-state index is 13.1. The molecule has 5 heteroatoms. The molecule has 24 heavy (non-hydrogen) atoms. The molecule has 0 aromatic carbocycles. The first kappa shape index (κ1) is 17.5. The number of rotatable bonds is 3. The van der Waals surface area contributed by atoms with Crippen LogP contribution in [0.4, 0.5) is 0 Å². The van der Waals surface area contributed by atoms with Gasteiger partial charge in [-0.2, -0.15) is 0 Å². The predicted octanol–water partition coefficient (Wildman–Crippen LogP) is 2.35. The highest BCUT2D eigenvalue weighted by atomic mass is 16.3. The molecular weight excluding hydrogens is 302 g/mol. The average Bonchev–Trinajstić information content (AvgIpc) is 2.83. The summed E-state index contributed by atoms with van der Waals surface area (Å²) < 4.78 is 5.70. The second-order valence-corrected chi connectivity index (χ2v) is 7.80. The average molecular weight is 333 g/mol. The summed E-state index contributed by atoms with van der Waals surface area (Å²) in [6.45, 7) is 10.7. The van der Waals surface area contributed by atoms with E-state index in [0.29, 0.717) is 5.91 Å². The summed E-state index contributed by atoms with van der Waals surface area (Å²) >= 11 is 0. The standard InChI is InChI=1S/C19H31N3O2/c1-16-5-6-17(24-16)15-21-9-4-10-22(14-13-21)18(23)19(2)7-11-20(3)12-8-19/h5-6H,4,7-15H2,1-3H3. The molecule has 1 aromatic rings. The van der Waals surface area contributed by atoms with Crippen molar-refractivity contribution in [2.24, 2.45) is 5.41 Å². The van der Waals surface area contributed by atoms with Crippen molar-refractivity contribution in [3.8, 4) is 0 Å². The Hall–Kier alpha value is -1.33. The quantitative estimate of drug-likeness (QED) is 0.851. The van der Waals surface area contributed by atoms with Crippen LogP contribution in [0.3, 0.4) is 0 Å². The van der Waals surface area contributed by atoms with E-state index < -0.39 is 0 Å². The Bertz CT molecular complexity index is 561. The lowest BCUT2D eigenvalue weighted by atomic mass is 9.79. The van der Waals surface area contributed by atoms with Gasteiger partial charge in [0.2, 0.25) is 5.91 Å². The number of furan rings is 1. The first-order valence-electron chi connectivity index (χ1n) is 9.22. The Balaban J connectivity index is 1.55. The molecule has 2 aliphatic rings. The minimum atomic E-state index is -0.167. The molecule has 2 saturated heterocycles. The van der Waals surface area contributed by atoms with Crippen LogP contribution in [-0.2, 0) is 11.3 Å². The second-order valence-electron chi connectivity index (χ2n) is 7.80. The lowest BCUT2D eigenvalue weighted by Crippen LogP contribution is -2.49. The summed E-state index contributed by atoms with van der Waals surface area (Å²) in [5, 5.41) is 0. The number of carbonyl (C=O) groups is 1. The molecule has 5 nitrogen and oxygen atoms in total. The molecule has 0 spiro atoms. The molecule has 3 rings (SSSR count). The number of hydrogen-bond donors (Lipinski definition) is 0. The fourth-order valence-electron chi connectivity index (χ4n) is 3.83. The normalized spacial score (nSPS) is 23.2. The molecule has 0 radical (unpaired) electrons. The number of nitrogens with zero attached hydrogens (tertiary/aromatic N) is 3. The van der Waals surface area contributed by atoms with E-state index in [-0.39, 0.29) is 5.41 Å². The van der Waals surface area contributed by atoms with Gasteiger partial charge in [0.05, 0.1) is 6.54 Å². The van der Waals surface area contributed by atoms with E-state index in [1.54, 1.807) is 0 Å². The highest BCUT2D eigenvalue weighted by Gasteiger charge is 2.39. The van der Waals surface area contributed by atoms with Crippen molar-refractivity contribution in [1.82, 2.24) is 14.7 Å². The van der Waals surface area contributed by atoms with Gasteiger partial charge in [-0.15, -0.1) is 0 Å². The summed E-state index contributed by atoms with van der Waals surface area (Å²) in [4.78, 5) is 19.9. The largest absolute Gasteiger partial charge is 0.465 e. The monoisotopic (exact) mass is 333 g/mol. The van der Waals surface area contributed by atoms with Crippen molar-refractivity contribution < 1.29 is 9.21 Å². The number of hydrogen-bond acceptors (Lipinski definition) is 4. The van der Waals surface area contributed by atoms with Gasteiger partial charge >= 0.3 is 0 Å². The molecule has 134 valence electrons. The molecule has 1 aromatic heterocycles. The zero-order valence-electron chi connectivity index (χ0n) is 15.4. The molecule has 0 saturated carbocycles. The summed E-state index contributed by atoms with van der Waals surface area (Å²) in [5.74, 6) is 2.35. The molecule has 0 aliphatic carbocycles.